The van der Waals surface area contributed by atoms with Crippen molar-refractivity contribution >= 4 is 0 Å². The molecule has 1 aromatic carbocycles. The summed E-state index contributed by atoms with van der Waals surface area (Å²) in [5, 5.41) is 9.11. The van der Waals surface area contributed by atoms with Gasteiger partial charge in [-0.05, 0) is 18.1 Å². The molecule has 0 amide bonds. The Morgan fingerprint density at radius 2 is 1.58 bits per heavy atom. The van der Waals surface area contributed by atoms with Gasteiger partial charge >= 0.3 is 0 Å². The highest BCUT2D eigenvalue weighted by Crippen LogP contribution is 2.14. The average molecular weight is 166 g/mol. The number of para-hydroxylation sites is 1. The summed E-state index contributed by atoms with van der Waals surface area (Å²) in [7, 11) is 0. The molecule has 0 saturated carbocycles. The third-order valence-corrected chi connectivity index (χ3v) is 1.37. The molecule has 1 aromatic rings. The first kappa shape index (κ1) is 11.0. The standard InChI is InChI=1S/C8H10O.C3H8/c1-2-7-5-3-4-6-8(7)9;1-3-2/h3-6,9H,2H2,1H3;3H2,1-2H3. The van der Waals surface area contributed by atoms with E-state index in [2.05, 4.69) is 13.8 Å². The van der Waals surface area contributed by atoms with Gasteiger partial charge in [0.1, 0.15) is 5.75 Å². The second kappa shape index (κ2) is 6.71. The summed E-state index contributed by atoms with van der Waals surface area (Å²) < 4.78 is 0. The van der Waals surface area contributed by atoms with Crippen molar-refractivity contribution in [2.24, 2.45) is 0 Å². The minimum atomic E-state index is 0.403. The molecule has 1 rings (SSSR count). The van der Waals surface area contributed by atoms with E-state index in [0.29, 0.717) is 5.75 Å². The molecule has 1 N–H and O–H groups in total. The summed E-state index contributed by atoms with van der Waals surface area (Å²) in [6.07, 6.45) is 2.15. The van der Waals surface area contributed by atoms with Crippen LogP contribution in [-0.2, 0) is 6.42 Å². The topological polar surface area (TPSA) is 20.2 Å². The first-order valence-electron chi connectivity index (χ1n) is 4.53. The van der Waals surface area contributed by atoms with Crippen molar-refractivity contribution < 1.29 is 5.11 Å². The summed E-state index contributed by atoms with van der Waals surface area (Å²) in [5.74, 6) is 0.403. The van der Waals surface area contributed by atoms with Gasteiger partial charge in [-0.2, -0.15) is 0 Å². The predicted molar refractivity (Wildman–Crippen MR) is 53.4 cm³/mol. The molecule has 1 nitrogen and oxygen atoms in total. The van der Waals surface area contributed by atoms with E-state index in [0.717, 1.165) is 12.0 Å². The number of phenolic OH excluding ortho intramolecular Hbond substituents is 1. The molecule has 0 aliphatic carbocycles. The Labute approximate surface area is 75.1 Å². The lowest BCUT2D eigenvalue weighted by Crippen LogP contribution is -1.77. The molecule has 1 heteroatoms. The van der Waals surface area contributed by atoms with Gasteiger partial charge in [0.15, 0.2) is 0 Å². The number of benzene rings is 1. The van der Waals surface area contributed by atoms with Crippen LogP contribution in [0.1, 0.15) is 32.8 Å². The molecule has 0 aliphatic rings. The second-order valence-corrected chi connectivity index (χ2v) is 2.69. The first-order valence-corrected chi connectivity index (χ1v) is 4.53. The number of hydrogen-bond donors (Lipinski definition) is 1. The molecule has 0 atom stereocenters. The molecule has 0 aromatic heterocycles. The molecule has 0 bridgehead atoms. The number of phenols is 1. The van der Waals surface area contributed by atoms with Gasteiger partial charge in [-0.3, -0.25) is 0 Å². The fourth-order valence-electron chi connectivity index (χ4n) is 0.810. The van der Waals surface area contributed by atoms with E-state index < -0.39 is 0 Å². The maximum Gasteiger partial charge on any atom is 0.118 e. The SMILES string of the molecule is CCC.CCc1ccccc1O. The van der Waals surface area contributed by atoms with Crippen molar-refractivity contribution in [1.29, 1.82) is 0 Å². The van der Waals surface area contributed by atoms with Crippen molar-refractivity contribution in [3.05, 3.63) is 29.8 Å². The third kappa shape index (κ3) is 4.02. The molecule has 0 unspecified atom stereocenters. The van der Waals surface area contributed by atoms with Crippen LogP contribution in [-0.4, -0.2) is 5.11 Å². The van der Waals surface area contributed by atoms with Crippen LogP contribution < -0.4 is 0 Å². The molecular formula is C11H18O. The number of aromatic hydroxyl groups is 1. The summed E-state index contributed by atoms with van der Waals surface area (Å²) >= 11 is 0. The second-order valence-electron chi connectivity index (χ2n) is 2.69. The average Bonchev–Trinajstić information content (AvgIpc) is 2.07. The van der Waals surface area contributed by atoms with Crippen LogP contribution in [0.5, 0.6) is 5.75 Å². The van der Waals surface area contributed by atoms with E-state index in [1.54, 1.807) is 6.07 Å². The van der Waals surface area contributed by atoms with Crippen molar-refractivity contribution in [1.82, 2.24) is 0 Å². The fraction of sp³-hybridized carbons (Fsp3) is 0.455. The smallest absolute Gasteiger partial charge is 0.118 e. The minimum Gasteiger partial charge on any atom is -0.508 e. The Kier molecular flexibility index (Phi) is 6.16. The summed E-state index contributed by atoms with van der Waals surface area (Å²) in [6, 6.07) is 7.39. The van der Waals surface area contributed by atoms with Crippen LogP contribution in [0, 0.1) is 0 Å². The van der Waals surface area contributed by atoms with E-state index in [4.69, 9.17) is 5.11 Å². The monoisotopic (exact) mass is 166 g/mol. The Morgan fingerprint density at radius 3 is 1.92 bits per heavy atom. The Morgan fingerprint density at radius 1 is 1.08 bits per heavy atom. The molecule has 0 spiro atoms. The van der Waals surface area contributed by atoms with Crippen LogP contribution in [0.15, 0.2) is 24.3 Å². The quantitative estimate of drug-likeness (QED) is 0.678. The summed E-state index contributed by atoms with van der Waals surface area (Å²) in [5.41, 5.74) is 1.01. The Bertz CT molecular complexity index is 206. The Balaban J connectivity index is 0.000000354. The maximum atomic E-state index is 9.11. The predicted octanol–water partition coefficient (Wildman–Crippen LogP) is 3.37. The first-order chi connectivity index (χ1) is 5.76. The van der Waals surface area contributed by atoms with Crippen LogP contribution in [0.25, 0.3) is 0 Å². The largest absolute Gasteiger partial charge is 0.508 e. The molecule has 0 fully saturated rings. The van der Waals surface area contributed by atoms with Crippen molar-refractivity contribution in [2.45, 2.75) is 33.6 Å². The molecule has 68 valence electrons. The van der Waals surface area contributed by atoms with Gasteiger partial charge in [-0.15, -0.1) is 0 Å². The van der Waals surface area contributed by atoms with Crippen LogP contribution in [0.2, 0.25) is 0 Å². The molecule has 0 aliphatic heterocycles. The van der Waals surface area contributed by atoms with E-state index >= 15 is 0 Å². The van der Waals surface area contributed by atoms with Crippen molar-refractivity contribution in [3.63, 3.8) is 0 Å². The zero-order valence-corrected chi connectivity index (χ0v) is 8.17. The zero-order valence-electron chi connectivity index (χ0n) is 8.17. The van der Waals surface area contributed by atoms with E-state index in [-0.39, 0.29) is 0 Å². The highest BCUT2D eigenvalue weighted by molar-refractivity contribution is 5.31. The van der Waals surface area contributed by atoms with Gasteiger partial charge in [0.25, 0.3) is 0 Å². The minimum absolute atomic E-state index is 0.403. The highest BCUT2D eigenvalue weighted by Gasteiger charge is 1.92. The van der Waals surface area contributed by atoms with Crippen molar-refractivity contribution in [3.8, 4) is 5.75 Å². The lowest BCUT2D eigenvalue weighted by atomic mass is 10.1. The maximum absolute atomic E-state index is 9.11. The van der Waals surface area contributed by atoms with Gasteiger partial charge in [-0.1, -0.05) is 45.4 Å². The van der Waals surface area contributed by atoms with E-state index in [1.807, 2.05) is 25.1 Å². The zero-order chi connectivity index (χ0) is 9.40. The van der Waals surface area contributed by atoms with Gasteiger partial charge < -0.3 is 5.11 Å². The number of aryl methyl sites for hydroxylation is 1. The fourth-order valence-corrected chi connectivity index (χ4v) is 0.810. The molecule has 12 heavy (non-hydrogen) atoms. The lowest BCUT2D eigenvalue weighted by Gasteiger charge is -1.97. The molecule has 0 saturated heterocycles. The number of hydrogen-bond acceptors (Lipinski definition) is 1. The highest BCUT2D eigenvalue weighted by atomic mass is 16.3. The van der Waals surface area contributed by atoms with Gasteiger partial charge in [0, 0.05) is 0 Å². The summed E-state index contributed by atoms with van der Waals surface area (Å²) in [4.78, 5) is 0. The molecular weight excluding hydrogens is 148 g/mol. The Hall–Kier alpha value is -0.980. The van der Waals surface area contributed by atoms with E-state index in [9.17, 15) is 0 Å². The van der Waals surface area contributed by atoms with Crippen LogP contribution in [0.3, 0.4) is 0 Å². The lowest BCUT2D eigenvalue weighted by molar-refractivity contribution is 0.469. The third-order valence-electron chi connectivity index (χ3n) is 1.37. The summed E-state index contributed by atoms with van der Waals surface area (Å²) in [6.45, 7) is 6.27. The van der Waals surface area contributed by atoms with Gasteiger partial charge in [0.2, 0.25) is 0 Å². The van der Waals surface area contributed by atoms with Gasteiger partial charge in [-0.25, -0.2) is 0 Å². The normalized spacial score (nSPS) is 8.58. The van der Waals surface area contributed by atoms with E-state index in [1.165, 1.54) is 6.42 Å². The molecule has 0 radical (unpaired) electrons. The van der Waals surface area contributed by atoms with Crippen molar-refractivity contribution in [2.75, 3.05) is 0 Å². The van der Waals surface area contributed by atoms with Gasteiger partial charge in [0.05, 0.1) is 0 Å². The van der Waals surface area contributed by atoms with Crippen LogP contribution >= 0.6 is 0 Å². The molecule has 0 heterocycles. The number of rotatable bonds is 1. The van der Waals surface area contributed by atoms with Crippen LogP contribution in [0.4, 0.5) is 0 Å².